The van der Waals surface area contributed by atoms with E-state index in [0.29, 0.717) is 16.9 Å². The van der Waals surface area contributed by atoms with E-state index in [0.717, 1.165) is 0 Å². The molecule has 0 saturated heterocycles. The van der Waals surface area contributed by atoms with Crippen molar-refractivity contribution in [2.75, 3.05) is 7.11 Å². The van der Waals surface area contributed by atoms with Crippen LogP contribution < -0.4 is 4.74 Å². The number of benzene rings is 2. The average molecular weight is 270 g/mol. The summed E-state index contributed by atoms with van der Waals surface area (Å²) in [6, 6.07) is 10.6. The molecule has 0 aromatic heterocycles. The van der Waals surface area contributed by atoms with Gasteiger partial charge in [0.2, 0.25) is 0 Å². The molecule has 3 nitrogen and oxygen atoms in total. The first-order valence-corrected chi connectivity index (χ1v) is 6.14. The van der Waals surface area contributed by atoms with E-state index >= 15 is 0 Å². The normalized spacial score (nSPS) is 14.5. The van der Waals surface area contributed by atoms with Crippen molar-refractivity contribution in [1.29, 1.82) is 0 Å². The van der Waals surface area contributed by atoms with E-state index in [1.54, 1.807) is 24.3 Å². The molecular weight excluding hydrogens is 259 g/mol. The molecule has 2 aromatic rings. The van der Waals surface area contributed by atoms with Gasteiger partial charge in [-0.25, -0.2) is 4.39 Å². The van der Waals surface area contributed by atoms with Gasteiger partial charge < -0.3 is 4.74 Å². The fraction of sp³-hybridized carbons (Fsp3) is 0.125. The standard InChI is InChI=1S/C16H11FO3/c1-20-9-6-7-13(17)12(8-9)14-15(18)10-4-2-3-5-11(10)16(14)19/h2-8,14H,1H3. The van der Waals surface area contributed by atoms with Crippen LogP contribution in [0.5, 0.6) is 5.75 Å². The molecule has 0 amide bonds. The first-order valence-electron chi connectivity index (χ1n) is 6.14. The van der Waals surface area contributed by atoms with Crippen LogP contribution in [0.4, 0.5) is 4.39 Å². The molecule has 0 unspecified atom stereocenters. The molecule has 0 spiro atoms. The Morgan fingerprint density at radius 3 is 2.15 bits per heavy atom. The van der Waals surface area contributed by atoms with E-state index < -0.39 is 11.7 Å². The molecule has 0 aliphatic heterocycles. The zero-order valence-electron chi connectivity index (χ0n) is 10.7. The highest BCUT2D eigenvalue weighted by atomic mass is 19.1. The monoisotopic (exact) mass is 270 g/mol. The number of hydrogen-bond donors (Lipinski definition) is 0. The van der Waals surface area contributed by atoms with Crippen LogP contribution in [0.25, 0.3) is 0 Å². The molecule has 0 saturated carbocycles. The number of halogens is 1. The van der Waals surface area contributed by atoms with Gasteiger partial charge in [0.05, 0.1) is 7.11 Å². The molecular formula is C16H11FO3. The number of carbonyl (C=O) groups excluding carboxylic acids is 2. The maximum atomic E-state index is 14.0. The summed E-state index contributed by atoms with van der Waals surface area (Å²) >= 11 is 0. The summed E-state index contributed by atoms with van der Waals surface area (Å²) < 4.78 is 19.0. The first-order chi connectivity index (χ1) is 9.63. The first kappa shape index (κ1) is 12.5. The lowest BCUT2D eigenvalue weighted by atomic mass is 9.93. The Kier molecular flexibility index (Phi) is 2.86. The van der Waals surface area contributed by atoms with Crippen LogP contribution in [0.15, 0.2) is 42.5 Å². The molecule has 3 rings (SSSR count). The van der Waals surface area contributed by atoms with E-state index in [1.165, 1.54) is 25.3 Å². The summed E-state index contributed by atoms with van der Waals surface area (Å²) in [5, 5.41) is 0. The van der Waals surface area contributed by atoms with Crippen LogP contribution >= 0.6 is 0 Å². The van der Waals surface area contributed by atoms with Gasteiger partial charge in [-0.15, -0.1) is 0 Å². The SMILES string of the molecule is COc1ccc(F)c(C2C(=O)c3ccccc3C2=O)c1. The third-order valence-electron chi connectivity index (χ3n) is 3.50. The maximum absolute atomic E-state index is 14.0. The minimum absolute atomic E-state index is 0.0653. The Balaban J connectivity index is 2.14. The lowest BCUT2D eigenvalue weighted by molar-refractivity contribution is 0.0887. The van der Waals surface area contributed by atoms with Crippen LogP contribution in [0.1, 0.15) is 32.2 Å². The van der Waals surface area contributed by atoms with Crippen molar-refractivity contribution >= 4 is 11.6 Å². The molecule has 0 radical (unpaired) electrons. The molecule has 20 heavy (non-hydrogen) atoms. The predicted octanol–water partition coefficient (Wildman–Crippen LogP) is 3.00. The smallest absolute Gasteiger partial charge is 0.178 e. The van der Waals surface area contributed by atoms with Gasteiger partial charge in [0.25, 0.3) is 0 Å². The van der Waals surface area contributed by atoms with E-state index in [4.69, 9.17) is 4.74 Å². The summed E-state index contributed by atoms with van der Waals surface area (Å²) in [4.78, 5) is 24.7. The summed E-state index contributed by atoms with van der Waals surface area (Å²) in [6.07, 6.45) is 0. The summed E-state index contributed by atoms with van der Waals surface area (Å²) in [6.45, 7) is 0. The van der Waals surface area contributed by atoms with Gasteiger partial charge in [0.1, 0.15) is 17.5 Å². The molecule has 2 aromatic carbocycles. The van der Waals surface area contributed by atoms with Gasteiger partial charge in [0.15, 0.2) is 11.6 Å². The van der Waals surface area contributed by atoms with Crippen LogP contribution in [-0.2, 0) is 0 Å². The number of fused-ring (bicyclic) bond motifs is 1. The number of Topliss-reactive ketones (excluding diaryl/α,β-unsaturated/α-hetero) is 2. The Morgan fingerprint density at radius 1 is 1.00 bits per heavy atom. The molecule has 4 heteroatoms. The Bertz CT molecular complexity index is 686. The number of hydrogen-bond acceptors (Lipinski definition) is 3. The van der Waals surface area contributed by atoms with Crippen molar-refractivity contribution in [3.63, 3.8) is 0 Å². The molecule has 100 valence electrons. The topological polar surface area (TPSA) is 43.4 Å². The van der Waals surface area contributed by atoms with E-state index in [-0.39, 0.29) is 17.1 Å². The van der Waals surface area contributed by atoms with Crippen LogP contribution in [0.2, 0.25) is 0 Å². The molecule has 0 bridgehead atoms. The quantitative estimate of drug-likeness (QED) is 0.788. The summed E-state index contributed by atoms with van der Waals surface area (Å²) in [5.74, 6) is -2.00. The maximum Gasteiger partial charge on any atom is 0.178 e. The van der Waals surface area contributed by atoms with Crippen molar-refractivity contribution in [2.45, 2.75) is 5.92 Å². The fourth-order valence-electron chi connectivity index (χ4n) is 2.50. The van der Waals surface area contributed by atoms with Crippen LogP contribution in [-0.4, -0.2) is 18.7 Å². The van der Waals surface area contributed by atoms with Gasteiger partial charge in [-0.1, -0.05) is 24.3 Å². The fourth-order valence-corrected chi connectivity index (χ4v) is 2.50. The molecule has 1 aliphatic carbocycles. The van der Waals surface area contributed by atoms with E-state index in [9.17, 15) is 14.0 Å². The van der Waals surface area contributed by atoms with Gasteiger partial charge in [-0.2, -0.15) is 0 Å². The zero-order valence-corrected chi connectivity index (χ0v) is 10.7. The molecule has 1 aliphatic rings. The second kappa shape index (κ2) is 4.56. The molecule has 0 atom stereocenters. The van der Waals surface area contributed by atoms with Gasteiger partial charge in [-0.3, -0.25) is 9.59 Å². The van der Waals surface area contributed by atoms with Crippen molar-refractivity contribution < 1.29 is 18.7 Å². The number of ether oxygens (including phenoxy) is 1. The van der Waals surface area contributed by atoms with Crippen LogP contribution in [0.3, 0.4) is 0 Å². The highest BCUT2D eigenvalue weighted by Gasteiger charge is 2.40. The highest BCUT2D eigenvalue weighted by Crippen LogP contribution is 2.36. The van der Waals surface area contributed by atoms with Gasteiger partial charge >= 0.3 is 0 Å². The van der Waals surface area contributed by atoms with E-state index in [2.05, 4.69) is 0 Å². The van der Waals surface area contributed by atoms with Crippen molar-refractivity contribution in [2.24, 2.45) is 0 Å². The van der Waals surface area contributed by atoms with E-state index in [1.807, 2.05) is 0 Å². The van der Waals surface area contributed by atoms with Crippen LogP contribution in [0, 0.1) is 5.82 Å². The Morgan fingerprint density at radius 2 is 1.60 bits per heavy atom. The second-order valence-corrected chi connectivity index (χ2v) is 4.59. The molecule has 0 heterocycles. The number of ketones is 2. The predicted molar refractivity (Wildman–Crippen MR) is 70.8 cm³/mol. The number of rotatable bonds is 2. The second-order valence-electron chi connectivity index (χ2n) is 4.59. The largest absolute Gasteiger partial charge is 0.497 e. The van der Waals surface area contributed by atoms with Gasteiger partial charge in [0, 0.05) is 16.7 Å². The number of carbonyl (C=O) groups is 2. The number of methoxy groups -OCH3 is 1. The Hall–Kier alpha value is -2.49. The lowest BCUT2D eigenvalue weighted by Gasteiger charge is -2.10. The zero-order chi connectivity index (χ0) is 14.3. The minimum Gasteiger partial charge on any atom is -0.497 e. The average Bonchev–Trinajstić information content (AvgIpc) is 2.72. The van der Waals surface area contributed by atoms with Crippen molar-refractivity contribution in [1.82, 2.24) is 0 Å². The summed E-state index contributed by atoms with van der Waals surface area (Å²) in [5.41, 5.74) is 0.769. The lowest BCUT2D eigenvalue weighted by Crippen LogP contribution is -2.14. The molecule has 0 N–H and O–H groups in total. The third kappa shape index (κ3) is 1.72. The summed E-state index contributed by atoms with van der Waals surface area (Å²) in [7, 11) is 1.45. The third-order valence-corrected chi connectivity index (χ3v) is 3.50. The van der Waals surface area contributed by atoms with Gasteiger partial charge in [-0.05, 0) is 18.2 Å². The highest BCUT2D eigenvalue weighted by molar-refractivity contribution is 6.29. The van der Waals surface area contributed by atoms with Crippen molar-refractivity contribution in [3.05, 3.63) is 65.0 Å². The molecule has 0 fully saturated rings. The Labute approximate surface area is 115 Å². The van der Waals surface area contributed by atoms with Crippen molar-refractivity contribution in [3.8, 4) is 5.75 Å². The minimum atomic E-state index is -1.11.